The Kier molecular flexibility index (Phi) is 6.25. The van der Waals surface area contributed by atoms with Gasteiger partial charge in [0.05, 0.1) is 0 Å². The van der Waals surface area contributed by atoms with E-state index in [1.54, 1.807) is 0 Å². The number of para-hydroxylation sites is 1. The van der Waals surface area contributed by atoms with Gasteiger partial charge in [0.2, 0.25) is 0 Å². The minimum atomic E-state index is 0.908. The molecule has 0 aliphatic carbocycles. The van der Waals surface area contributed by atoms with E-state index in [9.17, 15) is 0 Å². The minimum Gasteiger partial charge on any atom is -0.456 e. The van der Waals surface area contributed by atoms with Gasteiger partial charge in [-0.1, -0.05) is 146 Å². The van der Waals surface area contributed by atoms with Crippen LogP contribution < -0.4 is 0 Å². The van der Waals surface area contributed by atoms with E-state index in [2.05, 4.69) is 170 Å². The summed E-state index contributed by atoms with van der Waals surface area (Å²) in [6.45, 7) is 0. The molecular formula is C48H30O. The maximum atomic E-state index is 6.24. The van der Waals surface area contributed by atoms with Gasteiger partial charge in [0.25, 0.3) is 0 Å². The van der Waals surface area contributed by atoms with Gasteiger partial charge in [-0.05, 0) is 113 Å². The van der Waals surface area contributed by atoms with Crippen molar-refractivity contribution in [2.45, 2.75) is 0 Å². The Morgan fingerprint density at radius 3 is 1.63 bits per heavy atom. The van der Waals surface area contributed by atoms with E-state index in [4.69, 9.17) is 4.42 Å². The molecule has 0 atom stereocenters. The first-order chi connectivity index (χ1) is 24.3. The van der Waals surface area contributed by atoms with Gasteiger partial charge in [-0.15, -0.1) is 0 Å². The van der Waals surface area contributed by atoms with Crippen molar-refractivity contribution in [1.82, 2.24) is 0 Å². The highest BCUT2D eigenvalue weighted by Crippen LogP contribution is 2.46. The van der Waals surface area contributed by atoms with Gasteiger partial charge in [-0.2, -0.15) is 0 Å². The number of rotatable bonds is 4. The van der Waals surface area contributed by atoms with E-state index < -0.39 is 0 Å². The summed E-state index contributed by atoms with van der Waals surface area (Å²) in [5, 5.41) is 9.73. The molecule has 10 rings (SSSR count). The molecule has 0 saturated carbocycles. The summed E-state index contributed by atoms with van der Waals surface area (Å²) in [4.78, 5) is 0. The molecule has 49 heavy (non-hydrogen) atoms. The summed E-state index contributed by atoms with van der Waals surface area (Å²) in [5.74, 6) is 0. The molecule has 1 nitrogen and oxygen atoms in total. The van der Waals surface area contributed by atoms with Crippen LogP contribution in [0.5, 0.6) is 0 Å². The summed E-state index contributed by atoms with van der Waals surface area (Å²) in [6, 6.07) is 66.0. The van der Waals surface area contributed by atoms with Crippen LogP contribution in [0.4, 0.5) is 0 Å². The zero-order chi connectivity index (χ0) is 32.3. The third kappa shape index (κ3) is 4.55. The molecule has 0 N–H and O–H groups in total. The average Bonchev–Trinajstić information content (AvgIpc) is 3.55. The van der Waals surface area contributed by atoms with Gasteiger partial charge >= 0.3 is 0 Å². The van der Waals surface area contributed by atoms with Gasteiger partial charge in [-0.3, -0.25) is 0 Å². The molecule has 10 aromatic rings. The van der Waals surface area contributed by atoms with Gasteiger partial charge < -0.3 is 4.42 Å². The molecule has 0 amide bonds. The molecular weight excluding hydrogens is 593 g/mol. The molecule has 0 aliphatic rings. The summed E-state index contributed by atoms with van der Waals surface area (Å²) < 4.78 is 6.24. The van der Waals surface area contributed by atoms with Crippen molar-refractivity contribution in [2.24, 2.45) is 0 Å². The molecule has 1 aromatic heterocycles. The predicted octanol–water partition coefficient (Wildman–Crippen LogP) is 13.7. The second kappa shape index (κ2) is 11.1. The van der Waals surface area contributed by atoms with Crippen LogP contribution in [-0.4, -0.2) is 0 Å². The molecule has 9 aromatic carbocycles. The molecule has 0 unspecified atom stereocenters. The molecule has 1 heteroatoms. The highest BCUT2D eigenvalue weighted by Gasteiger charge is 2.19. The summed E-state index contributed by atoms with van der Waals surface area (Å²) in [7, 11) is 0. The lowest BCUT2D eigenvalue weighted by Gasteiger charge is -2.19. The predicted molar refractivity (Wildman–Crippen MR) is 208 cm³/mol. The van der Waals surface area contributed by atoms with E-state index in [1.807, 2.05) is 12.1 Å². The Balaban J connectivity index is 1.27. The Bertz CT molecular complexity index is 2870. The van der Waals surface area contributed by atoms with Crippen LogP contribution in [0, 0.1) is 0 Å². The maximum absolute atomic E-state index is 6.24. The Labute approximate surface area is 284 Å². The quantitative estimate of drug-likeness (QED) is 0.178. The molecule has 0 bridgehead atoms. The molecule has 1 heterocycles. The van der Waals surface area contributed by atoms with Gasteiger partial charge in [0.15, 0.2) is 0 Å². The van der Waals surface area contributed by atoms with Crippen molar-refractivity contribution in [1.29, 1.82) is 0 Å². The van der Waals surface area contributed by atoms with Crippen molar-refractivity contribution in [3.05, 3.63) is 182 Å². The second-order valence-corrected chi connectivity index (χ2v) is 12.9. The van der Waals surface area contributed by atoms with E-state index in [-0.39, 0.29) is 0 Å². The lowest BCUT2D eigenvalue weighted by Crippen LogP contribution is -1.92. The normalized spacial score (nSPS) is 11.7. The summed E-state index contributed by atoms with van der Waals surface area (Å²) >= 11 is 0. The van der Waals surface area contributed by atoms with Crippen LogP contribution in [0.2, 0.25) is 0 Å². The Hall–Kier alpha value is -6.44. The first-order valence-electron chi connectivity index (χ1n) is 16.8. The zero-order valence-corrected chi connectivity index (χ0v) is 26.7. The highest BCUT2D eigenvalue weighted by atomic mass is 16.3. The molecule has 0 fully saturated rings. The highest BCUT2D eigenvalue weighted by molar-refractivity contribution is 6.22. The third-order valence-electron chi connectivity index (χ3n) is 10.0. The van der Waals surface area contributed by atoms with Crippen molar-refractivity contribution >= 4 is 54.3 Å². The van der Waals surface area contributed by atoms with Crippen LogP contribution in [0.1, 0.15) is 0 Å². The van der Waals surface area contributed by atoms with Crippen molar-refractivity contribution in [3.63, 3.8) is 0 Å². The zero-order valence-electron chi connectivity index (χ0n) is 26.7. The van der Waals surface area contributed by atoms with E-state index >= 15 is 0 Å². The number of fused-ring (bicyclic) bond motifs is 6. The van der Waals surface area contributed by atoms with Crippen molar-refractivity contribution in [2.75, 3.05) is 0 Å². The number of benzene rings is 9. The summed E-state index contributed by atoms with van der Waals surface area (Å²) in [6.07, 6.45) is 0. The maximum Gasteiger partial charge on any atom is 0.135 e. The lowest BCUT2D eigenvalue weighted by molar-refractivity contribution is 0.669. The first kappa shape index (κ1) is 27.7. The van der Waals surface area contributed by atoms with Crippen LogP contribution in [-0.2, 0) is 0 Å². The molecule has 0 saturated heterocycles. The van der Waals surface area contributed by atoms with Gasteiger partial charge in [0.1, 0.15) is 11.2 Å². The van der Waals surface area contributed by atoms with E-state index in [0.29, 0.717) is 0 Å². The third-order valence-corrected chi connectivity index (χ3v) is 10.0. The number of hydrogen-bond donors (Lipinski definition) is 0. The Morgan fingerprint density at radius 2 is 0.776 bits per heavy atom. The number of hydrogen-bond acceptors (Lipinski definition) is 1. The first-order valence-corrected chi connectivity index (χ1v) is 16.8. The van der Waals surface area contributed by atoms with Gasteiger partial charge in [0, 0.05) is 10.8 Å². The fourth-order valence-corrected chi connectivity index (χ4v) is 7.72. The van der Waals surface area contributed by atoms with E-state index in [1.165, 1.54) is 76.8 Å². The van der Waals surface area contributed by atoms with Crippen molar-refractivity contribution in [3.8, 4) is 44.5 Å². The largest absolute Gasteiger partial charge is 0.456 e. The summed E-state index contributed by atoms with van der Waals surface area (Å²) in [5.41, 5.74) is 11.6. The van der Waals surface area contributed by atoms with Crippen LogP contribution in [0.15, 0.2) is 186 Å². The minimum absolute atomic E-state index is 0.908. The van der Waals surface area contributed by atoms with Crippen molar-refractivity contribution < 1.29 is 4.42 Å². The van der Waals surface area contributed by atoms with Crippen LogP contribution in [0.25, 0.3) is 98.8 Å². The van der Waals surface area contributed by atoms with Gasteiger partial charge in [-0.25, -0.2) is 0 Å². The molecule has 0 aliphatic heterocycles. The SMILES string of the molecule is c1ccc(-c2ccc3c(-c4cccc(-c5ccc6ccccc6c5)c4)c4ccccc4c(-c4ccc5oc6ccccc6c5c4)c3c2)cc1. The fraction of sp³-hybridized carbons (Fsp3) is 0. The molecule has 228 valence electrons. The Morgan fingerprint density at radius 1 is 0.245 bits per heavy atom. The monoisotopic (exact) mass is 622 g/mol. The topological polar surface area (TPSA) is 13.1 Å². The fourth-order valence-electron chi connectivity index (χ4n) is 7.72. The smallest absolute Gasteiger partial charge is 0.135 e. The average molecular weight is 623 g/mol. The second-order valence-electron chi connectivity index (χ2n) is 12.9. The van der Waals surface area contributed by atoms with Crippen LogP contribution in [0.3, 0.4) is 0 Å². The van der Waals surface area contributed by atoms with Crippen LogP contribution >= 0.6 is 0 Å². The standard InChI is InChI=1S/C48H30O/c1-2-11-31(12-3-1)36-23-25-42-44(29-36)48(38-24-26-46-43(30-38)39-17-8-9-20-45(39)49-46)41-19-7-6-18-40(41)47(42)37-16-10-15-34(28-37)35-22-21-32-13-4-5-14-33(32)27-35/h1-30H. The molecule has 0 spiro atoms. The van der Waals surface area contributed by atoms with E-state index in [0.717, 1.165) is 21.9 Å². The number of furan rings is 1. The molecule has 0 radical (unpaired) electrons. The lowest BCUT2D eigenvalue weighted by atomic mass is 9.84.